The molecule has 1 saturated heterocycles. The molecule has 1 atom stereocenters. The Morgan fingerprint density at radius 1 is 1.30 bits per heavy atom. The van der Waals surface area contributed by atoms with Crippen LogP contribution in [0.3, 0.4) is 0 Å². The second-order valence-corrected chi connectivity index (χ2v) is 8.11. The number of H-pyrrole nitrogens is 1. The van der Waals surface area contributed by atoms with E-state index < -0.39 is 9.84 Å². The average molecular weight is 334 g/mol. The molecule has 3 rings (SSSR count). The van der Waals surface area contributed by atoms with Gasteiger partial charge in [-0.1, -0.05) is 18.2 Å². The van der Waals surface area contributed by atoms with Gasteiger partial charge in [0.1, 0.15) is 0 Å². The van der Waals surface area contributed by atoms with Crippen LogP contribution in [0.1, 0.15) is 18.4 Å². The van der Waals surface area contributed by atoms with Crippen LogP contribution in [0.25, 0.3) is 10.9 Å². The number of aromatic amines is 1. The Kier molecular flexibility index (Phi) is 4.21. The predicted octanol–water partition coefficient (Wildman–Crippen LogP) is 0.764. The molecule has 0 aliphatic carbocycles. The number of aryl methyl sites for hydroxylation is 1. The molecule has 1 aromatic heterocycles. The topological polar surface area (TPSA) is 96.1 Å². The zero-order valence-electron chi connectivity index (χ0n) is 12.5. The Hall–Kier alpha value is -2.15. The van der Waals surface area contributed by atoms with E-state index >= 15 is 0 Å². The number of carbonyl (C=O) groups excluding carboxylic acids is 1. The van der Waals surface area contributed by atoms with Gasteiger partial charge in [-0.15, -0.1) is 0 Å². The monoisotopic (exact) mass is 334 g/mol. The van der Waals surface area contributed by atoms with Gasteiger partial charge in [-0.3, -0.25) is 9.59 Å². The maximum absolute atomic E-state index is 12.0. The summed E-state index contributed by atoms with van der Waals surface area (Å²) >= 11 is 0. The lowest BCUT2D eigenvalue weighted by molar-refractivity contribution is -0.121. The summed E-state index contributed by atoms with van der Waals surface area (Å²) in [5, 5.41) is 3.65. The first-order valence-electron chi connectivity index (χ1n) is 7.54. The minimum Gasteiger partial charge on any atom is -0.352 e. The number of fused-ring (bicyclic) bond motifs is 1. The zero-order chi connectivity index (χ0) is 16.4. The van der Waals surface area contributed by atoms with Crippen LogP contribution in [0, 0.1) is 0 Å². The molecule has 0 unspecified atom stereocenters. The summed E-state index contributed by atoms with van der Waals surface area (Å²) in [6.45, 7) is 0. The molecule has 2 heterocycles. The van der Waals surface area contributed by atoms with Crippen molar-refractivity contribution in [1.82, 2.24) is 10.3 Å². The van der Waals surface area contributed by atoms with E-state index in [1.165, 1.54) is 0 Å². The second kappa shape index (κ2) is 6.16. The van der Waals surface area contributed by atoms with Crippen molar-refractivity contribution < 1.29 is 13.2 Å². The summed E-state index contributed by atoms with van der Waals surface area (Å²) in [6.07, 6.45) is 0.952. The van der Waals surface area contributed by atoms with E-state index in [0.29, 0.717) is 18.4 Å². The molecular formula is C16H18N2O4S. The smallest absolute Gasteiger partial charge is 0.251 e. The van der Waals surface area contributed by atoms with Crippen molar-refractivity contribution in [1.29, 1.82) is 0 Å². The number of carbonyl (C=O) groups is 1. The van der Waals surface area contributed by atoms with E-state index in [4.69, 9.17) is 0 Å². The zero-order valence-corrected chi connectivity index (χ0v) is 13.4. The lowest BCUT2D eigenvalue weighted by Gasteiger charge is -2.10. The first-order chi connectivity index (χ1) is 10.9. The van der Waals surface area contributed by atoms with Crippen LogP contribution in [0.4, 0.5) is 0 Å². The Morgan fingerprint density at radius 3 is 2.83 bits per heavy atom. The van der Waals surface area contributed by atoms with Crippen molar-refractivity contribution in [2.24, 2.45) is 0 Å². The van der Waals surface area contributed by atoms with Gasteiger partial charge in [-0.25, -0.2) is 8.42 Å². The van der Waals surface area contributed by atoms with Crippen molar-refractivity contribution in [3.05, 3.63) is 46.2 Å². The van der Waals surface area contributed by atoms with Crippen LogP contribution in [0.5, 0.6) is 0 Å². The number of pyridine rings is 1. The Labute approximate surface area is 133 Å². The third-order valence-electron chi connectivity index (χ3n) is 4.05. The van der Waals surface area contributed by atoms with E-state index in [-0.39, 0.29) is 35.4 Å². The van der Waals surface area contributed by atoms with E-state index in [0.717, 1.165) is 10.9 Å². The molecule has 1 amide bonds. The van der Waals surface area contributed by atoms with Gasteiger partial charge in [0, 0.05) is 23.5 Å². The first kappa shape index (κ1) is 15.7. The van der Waals surface area contributed by atoms with Crippen LogP contribution in [-0.2, 0) is 21.1 Å². The van der Waals surface area contributed by atoms with Gasteiger partial charge in [0.15, 0.2) is 9.84 Å². The number of sulfone groups is 1. The summed E-state index contributed by atoms with van der Waals surface area (Å²) in [7, 11) is -3.01. The van der Waals surface area contributed by atoms with Crippen molar-refractivity contribution in [3.63, 3.8) is 0 Å². The molecule has 6 nitrogen and oxygen atoms in total. The third-order valence-corrected chi connectivity index (χ3v) is 5.82. The molecule has 7 heteroatoms. The van der Waals surface area contributed by atoms with Gasteiger partial charge in [-0.2, -0.15) is 0 Å². The molecule has 1 aliphatic rings. The van der Waals surface area contributed by atoms with Gasteiger partial charge in [0.25, 0.3) is 5.56 Å². The van der Waals surface area contributed by atoms with Crippen LogP contribution in [0.15, 0.2) is 35.1 Å². The predicted molar refractivity (Wildman–Crippen MR) is 88.1 cm³/mol. The van der Waals surface area contributed by atoms with E-state index in [1.807, 2.05) is 24.3 Å². The molecule has 2 N–H and O–H groups in total. The van der Waals surface area contributed by atoms with Crippen molar-refractivity contribution in [2.75, 3.05) is 11.5 Å². The van der Waals surface area contributed by atoms with Crippen LogP contribution in [0.2, 0.25) is 0 Å². The Bertz CT molecular complexity index is 902. The molecular weight excluding hydrogens is 316 g/mol. The van der Waals surface area contributed by atoms with Crippen LogP contribution >= 0.6 is 0 Å². The number of amides is 1. The number of hydrogen-bond acceptors (Lipinski definition) is 4. The summed E-state index contributed by atoms with van der Waals surface area (Å²) < 4.78 is 22.7. The van der Waals surface area contributed by atoms with Crippen molar-refractivity contribution >= 4 is 26.6 Å². The maximum atomic E-state index is 12.0. The molecule has 23 heavy (non-hydrogen) atoms. The number of aromatic nitrogens is 1. The normalized spacial score (nSPS) is 19.7. The number of rotatable bonds is 4. The molecule has 0 saturated carbocycles. The van der Waals surface area contributed by atoms with Gasteiger partial charge >= 0.3 is 0 Å². The van der Waals surface area contributed by atoms with Gasteiger partial charge in [0.2, 0.25) is 5.91 Å². The standard InChI is InChI=1S/C16H18N2O4S/c19-15(17-13-7-8-23(21,22)10-13)6-5-12-9-11-3-1-2-4-14(11)18-16(12)20/h1-4,9,13H,5-8,10H2,(H,17,19)(H,18,20)/t13-/m0/s1. The lowest BCUT2D eigenvalue weighted by atomic mass is 10.1. The SMILES string of the molecule is O=C(CCc1cc2ccccc2[nH]c1=O)N[C@H]1CCS(=O)(=O)C1. The molecule has 0 bridgehead atoms. The Morgan fingerprint density at radius 2 is 2.09 bits per heavy atom. The summed E-state index contributed by atoms with van der Waals surface area (Å²) in [6, 6.07) is 8.95. The number of para-hydroxylation sites is 1. The largest absolute Gasteiger partial charge is 0.352 e. The van der Waals surface area contributed by atoms with Gasteiger partial charge < -0.3 is 10.3 Å². The van der Waals surface area contributed by atoms with Gasteiger partial charge in [-0.05, 0) is 30.4 Å². The fourth-order valence-corrected chi connectivity index (χ4v) is 4.51. The minimum atomic E-state index is -3.01. The van der Waals surface area contributed by atoms with E-state index in [2.05, 4.69) is 10.3 Å². The maximum Gasteiger partial charge on any atom is 0.251 e. The van der Waals surface area contributed by atoms with Crippen LogP contribution < -0.4 is 10.9 Å². The highest BCUT2D eigenvalue weighted by Gasteiger charge is 2.28. The molecule has 0 spiro atoms. The number of hydrogen-bond donors (Lipinski definition) is 2. The number of nitrogens with one attached hydrogen (secondary N) is 2. The quantitative estimate of drug-likeness (QED) is 0.863. The summed E-state index contributed by atoms with van der Waals surface area (Å²) in [4.78, 5) is 26.7. The fraction of sp³-hybridized carbons (Fsp3) is 0.375. The summed E-state index contributed by atoms with van der Waals surface area (Å²) in [5.41, 5.74) is 1.12. The van der Waals surface area contributed by atoms with E-state index in [9.17, 15) is 18.0 Å². The van der Waals surface area contributed by atoms with Gasteiger partial charge in [0.05, 0.1) is 11.5 Å². The minimum absolute atomic E-state index is 0.00922. The van der Waals surface area contributed by atoms with Crippen molar-refractivity contribution in [3.8, 4) is 0 Å². The molecule has 2 aromatic rings. The highest BCUT2D eigenvalue weighted by Crippen LogP contribution is 2.13. The first-order valence-corrected chi connectivity index (χ1v) is 9.36. The highest BCUT2D eigenvalue weighted by molar-refractivity contribution is 7.91. The van der Waals surface area contributed by atoms with Crippen molar-refractivity contribution in [2.45, 2.75) is 25.3 Å². The van der Waals surface area contributed by atoms with Crippen LogP contribution in [-0.4, -0.2) is 36.9 Å². The number of benzene rings is 1. The third kappa shape index (κ3) is 3.79. The molecule has 0 radical (unpaired) electrons. The second-order valence-electron chi connectivity index (χ2n) is 5.88. The molecule has 1 aliphatic heterocycles. The molecule has 1 aromatic carbocycles. The molecule has 1 fully saturated rings. The highest BCUT2D eigenvalue weighted by atomic mass is 32.2. The average Bonchev–Trinajstić information content (AvgIpc) is 2.84. The fourth-order valence-electron chi connectivity index (χ4n) is 2.84. The Balaban J connectivity index is 1.63. The van der Waals surface area contributed by atoms with E-state index in [1.54, 1.807) is 6.07 Å². The lowest BCUT2D eigenvalue weighted by Crippen LogP contribution is -2.35. The summed E-state index contributed by atoms with van der Waals surface area (Å²) in [5.74, 6) is -0.0860. The molecule has 122 valence electrons.